The SMILES string of the molecule is CC.COC(=O)c1[nH]c2ccc(F)cc2c1C. The van der Waals surface area contributed by atoms with Crippen LogP contribution in [0.1, 0.15) is 29.9 Å². The van der Waals surface area contributed by atoms with Gasteiger partial charge in [0.05, 0.1) is 7.11 Å². The van der Waals surface area contributed by atoms with E-state index < -0.39 is 5.97 Å². The number of rotatable bonds is 1. The predicted molar refractivity (Wildman–Crippen MR) is 65.7 cm³/mol. The van der Waals surface area contributed by atoms with Crippen LogP contribution in [0.3, 0.4) is 0 Å². The van der Waals surface area contributed by atoms with Gasteiger partial charge in [-0.15, -0.1) is 0 Å². The first-order valence-electron chi connectivity index (χ1n) is 5.49. The first kappa shape index (κ1) is 13.2. The number of aryl methyl sites for hydroxylation is 1. The van der Waals surface area contributed by atoms with Crippen molar-refractivity contribution < 1.29 is 13.9 Å². The van der Waals surface area contributed by atoms with E-state index in [1.165, 1.54) is 19.2 Å². The minimum absolute atomic E-state index is 0.319. The molecule has 1 heterocycles. The molecule has 0 unspecified atom stereocenters. The fraction of sp³-hybridized carbons (Fsp3) is 0.308. The van der Waals surface area contributed by atoms with Gasteiger partial charge in [0, 0.05) is 10.9 Å². The van der Waals surface area contributed by atoms with Crippen LogP contribution in [0, 0.1) is 12.7 Å². The molecule has 4 heteroatoms. The van der Waals surface area contributed by atoms with Crippen LogP contribution in [0.15, 0.2) is 18.2 Å². The smallest absolute Gasteiger partial charge is 0.354 e. The summed E-state index contributed by atoms with van der Waals surface area (Å²) in [5.74, 6) is -0.759. The second kappa shape index (κ2) is 5.48. The number of halogens is 1. The second-order valence-corrected chi connectivity index (χ2v) is 3.31. The predicted octanol–water partition coefficient (Wildman–Crippen LogP) is 3.43. The van der Waals surface area contributed by atoms with Crippen molar-refractivity contribution in [3.8, 4) is 0 Å². The van der Waals surface area contributed by atoms with Crippen LogP contribution in [-0.4, -0.2) is 18.1 Å². The van der Waals surface area contributed by atoms with Crippen LogP contribution in [0.2, 0.25) is 0 Å². The molecule has 3 nitrogen and oxygen atoms in total. The third-order valence-electron chi connectivity index (χ3n) is 2.41. The summed E-state index contributed by atoms with van der Waals surface area (Å²) >= 11 is 0. The Hall–Kier alpha value is -1.84. The molecule has 0 spiro atoms. The van der Waals surface area contributed by atoms with Crippen LogP contribution in [0.5, 0.6) is 0 Å². The normalized spacial score (nSPS) is 9.71. The Bertz CT molecular complexity index is 531. The van der Waals surface area contributed by atoms with Crippen molar-refractivity contribution in [1.29, 1.82) is 0 Å². The lowest BCUT2D eigenvalue weighted by molar-refractivity contribution is 0.0594. The first-order chi connectivity index (χ1) is 8.13. The standard InChI is InChI=1S/C11H10FNO2.C2H6/c1-6-8-5-7(12)3-4-9(8)13-10(6)11(14)15-2;1-2/h3-5,13H,1-2H3;1-2H3. The molecule has 0 amide bonds. The average Bonchev–Trinajstić information content (AvgIpc) is 2.68. The third kappa shape index (κ3) is 2.46. The number of H-pyrrole nitrogens is 1. The highest BCUT2D eigenvalue weighted by atomic mass is 19.1. The van der Waals surface area contributed by atoms with E-state index in [2.05, 4.69) is 9.72 Å². The summed E-state index contributed by atoms with van der Waals surface area (Å²) in [6.45, 7) is 5.75. The number of nitrogens with one attached hydrogen (secondary N) is 1. The monoisotopic (exact) mass is 237 g/mol. The Morgan fingerprint density at radius 2 is 2.00 bits per heavy atom. The van der Waals surface area contributed by atoms with Crippen molar-refractivity contribution in [3.05, 3.63) is 35.3 Å². The average molecular weight is 237 g/mol. The lowest BCUT2D eigenvalue weighted by Crippen LogP contribution is -2.02. The van der Waals surface area contributed by atoms with Gasteiger partial charge in [0.15, 0.2) is 0 Å². The zero-order valence-corrected chi connectivity index (χ0v) is 10.4. The van der Waals surface area contributed by atoms with Crippen molar-refractivity contribution in [3.63, 3.8) is 0 Å². The van der Waals surface area contributed by atoms with E-state index in [4.69, 9.17) is 0 Å². The molecule has 0 bridgehead atoms. The molecule has 1 N–H and O–H groups in total. The number of aromatic amines is 1. The summed E-state index contributed by atoms with van der Waals surface area (Å²) in [7, 11) is 1.31. The molecule has 0 saturated carbocycles. The van der Waals surface area contributed by atoms with Crippen LogP contribution in [0.4, 0.5) is 4.39 Å². The Morgan fingerprint density at radius 1 is 1.35 bits per heavy atom. The number of ether oxygens (including phenoxy) is 1. The summed E-state index contributed by atoms with van der Waals surface area (Å²) in [6, 6.07) is 4.34. The quantitative estimate of drug-likeness (QED) is 0.772. The zero-order valence-electron chi connectivity index (χ0n) is 10.4. The van der Waals surface area contributed by atoms with Gasteiger partial charge in [-0.25, -0.2) is 9.18 Å². The molecule has 0 atom stereocenters. The highest BCUT2D eigenvalue weighted by Crippen LogP contribution is 2.22. The summed E-state index contributed by atoms with van der Waals surface area (Å²) < 4.78 is 17.6. The summed E-state index contributed by atoms with van der Waals surface area (Å²) in [6.07, 6.45) is 0. The van der Waals surface area contributed by atoms with Crippen molar-refractivity contribution >= 4 is 16.9 Å². The van der Waals surface area contributed by atoms with Gasteiger partial charge in [-0.05, 0) is 30.7 Å². The summed E-state index contributed by atoms with van der Waals surface area (Å²) in [5.41, 5.74) is 1.81. The van der Waals surface area contributed by atoms with E-state index >= 15 is 0 Å². The van der Waals surface area contributed by atoms with Crippen LogP contribution in [-0.2, 0) is 4.74 Å². The number of benzene rings is 1. The number of carbonyl (C=O) groups excluding carboxylic acids is 1. The molecular formula is C13H16FNO2. The van der Waals surface area contributed by atoms with E-state index in [1.807, 2.05) is 13.8 Å². The van der Waals surface area contributed by atoms with Crippen LogP contribution < -0.4 is 0 Å². The molecule has 0 aliphatic rings. The molecule has 1 aromatic carbocycles. The number of hydrogen-bond donors (Lipinski definition) is 1. The van der Waals surface area contributed by atoms with Crippen LogP contribution >= 0.6 is 0 Å². The Balaban J connectivity index is 0.000000686. The maximum absolute atomic E-state index is 13.0. The zero-order chi connectivity index (χ0) is 13.0. The maximum Gasteiger partial charge on any atom is 0.354 e. The van der Waals surface area contributed by atoms with Gasteiger partial charge < -0.3 is 9.72 Å². The van der Waals surface area contributed by atoms with Crippen molar-refractivity contribution in [1.82, 2.24) is 4.98 Å². The van der Waals surface area contributed by atoms with Gasteiger partial charge >= 0.3 is 5.97 Å². The molecule has 0 radical (unpaired) electrons. The van der Waals surface area contributed by atoms with Crippen molar-refractivity contribution in [2.75, 3.05) is 7.11 Å². The van der Waals surface area contributed by atoms with Crippen molar-refractivity contribution in [2.45, 2.75) is 20.8 Å². The minimum Gasteiger partial charge on any atom is -0.464 e. The topological polar surface area (TPSA) is 42.1 Å². The van der Waals surface area contributed by atoms with Crippen LogP contribution in [0.25, 0.3) is 10.9 Å². The number of hydrogen-bond acceptors (Lipinski definition) is 2. The lowest BCUT2D eigenvalue weighted by Gasteiger charge is -1.96. The Labute approximate surface area is 99.6 Å². The second-order valence-electron chi connectivity index (χ2n) is 3.31. The van der Waals surface area contributed by atoms with E-state index in [9.17, 15) is 9.18 Å². The molecule has 0 saturated heterocycles. The number of fused-ring (bicyclic) bond motifs is 1. The highest BCUT2D eigenvalue weighted by Gasteiger charge is 2.14. The maximum atomic E-state index is 13.0. The fourth-order valence-corrected chi connectivity index (χ4v) is 1.61. The van der Waals surface area contributed by atoms with Gasteiger partial charge in [-0.3, -0.25) is 0 Å². The summed E-state index contributed by atoms with van der Waals surface area (Å²) in [4.78, 5) is 14.2. The minimum atomic E-state index is -0.441. The number of carbonyl (C=O) groups is 1. The van der Waals surface area contributed by atoms with Gasteiger partial charge in [0.2, 0.25) is 0 Å². The number of aromatic nitrogens is 1. The number of methoxy groups -OCH3 is 1. The molecule has 92 valence electrons. The molecular weight excluding hydrogens is 221 g/mol. The third-order valence-corrected chi connectivity index (χ3v) is 2.41. The first-order valence-corrected chi connectivity index (χ1v) is 5.49. The molecule has 0 fully saturated rings. The number of esters is 1. The fourth-order valence-electron chi connectivity index (χ4n) is 1.61. The van der Waals surface area contributed by atoms with E-state index in [0.29, 0.717) is 16.6 Å². The molecule has 2 rings (SSSR count). The van der Waals surface area contributed by atoms with Gasteiger partial charge in [-0.2, -0.15) is 0 Å². The largest absolute Gasteiger partial charge is 0.464 e. The van der Waals surface area contributed by atoms with Crippen molar-refractivity contribution in [2.24, 2.45) is 0 Å². The molecule has 0 aliphatic heterocycles. The van der Waals surface area contributed by atoms with E-state index in [0.717, 1.165) is 5.52 Å². The molecule has 1 aromatic heterocycles. The Kier molecular flexibility index (Phi) is 4.26. The summed E-state index contributed by atoms with van der Waals surface area (Å²) in [5, 5.41) is 0.704. The van der Waals surface area contributed by atoms with E-state index in [-0.39, 0.29) is 5.82 Å². The van der Waals surface area contributed by atoms with E-state index in [1.54, 1.807) is 13.0 Å². The Morgan fingerprint density at radius 3 is 2.59 bits per heavy atom. The highest BCUT2D eigenvalue weighted by molar-refractivity contribution is 5.97. The molecule has 2 aromatic rings. The van der Waals surface area contributed by atoms with Gasteiger partial charge in [0.1, 0.15) is 11.5 Å². The molecule has 0 aliphatic carbocycles. The molecule has 17 heavy (non-hydrogen) atoms. The van der Waals surface area contributed by atoms with Gasteiger partial charge in [0.25, 0.3) is 0 Å². The lowest BCUT2D eigenvalue weighted by atomic mass is 10.1. The van der Waals surface area contributed by atoms with Gasteiger partial charge in [-0.1, -0.05) is 13.8 Å².